The molecule has 0 unspecified atom stereocenters. The largest absolute Gasteiger partial charge is 0.478 e. The van der Waals surface area contributed by atoms with E-state index >= 15 is 0 Å². The van der Waals surface area contributed by atoms with Crippen molar-refractivity contribution in [1.29, 1.82) is 0 Å². The van der Waals surface area contributed by atoms with Gasteiger partial charge in [0.25, 0.3) is 0 Å². The van der Waals surface area contributed by atoms with Crippen molar-refractivity contribution < 1.29 is 79.2 Å². The highest BCUT2D eigenvalue weighted by Crippen LogP contribution is 2.20. The Morgan fingerprint density at radius 3 is 0.490 bits per heavy atom. The first-order valence-corrected chi connectivity index (χ1v) is 15.4. The van der Waals surface area contributed by atoms with Crippen molar-refractivity contribution >= 4 is 76.6 Å². The average molecular weight is 689 g/mol. The van der Waals surface area contributed by atoms with E-state index in [1.807, 2.05) is 0 Å². The quantitative estimate of drug-likeness (QED) is 0.0748. The molecule has 8 N–H and O–H groups in total. The summed E-state index contributed by atoms with van der Waals surface area (Å²) in [6.07, 6.45) is 0. The Kier molecular flexibility index (Phi) is 9.16. The second kappa shape index (κ2) is 12.9. The van der Waals surface area contributed by atoms with E-state index in [4.69, 9.17) is 0 Å². The molecule has 16 nitrogen and oxygen atoms in total. The lowest BCUT2D eigenvalue weighted by molar-refractivity contribution is 0.0676. The summed E-state index contributed by atoms with van der Waals surface area (Å²) < 4.78 is 0. The minimum atomic E-state index is -5.02. The second-order valence-electron chi connectivity index (χ2n) is 10.4. The van der Waals surface area contributed by atoms with Gasteiger partial charge in [0.2, 0.25) is 0 Å². The normalized spacial score (nSPS) is 10.9. The molecular formula is C32H20O16Si. The number of rotatable bonds is 12. The van der Waals surface area contributed by atoms with Gasteiger partial charge < -0.3 is 40.9 Å². The zero-order valence-corrected chi connectivity index (χ0v) is 25.3. The first-order chi connectivity index (χ1) is 22.9. The summed E-state index contributed by atoms with van der Waals surface area (Å²) in [5.74, 6) is -13.6. The molecule has 0 amide bonds. The molecule has 0 radical (unpaired) electrons. The number of carbonyl (C=O) groups is 8. The Hall–Kier alpha value is -7.14. The number of hydrogen-bond donors (Lipinski definition) is 8. The van der Waals surface area contributed by atoms with Crippen LogP contribution in [0.5, 0.6) is 0 Å². The molecule has 49 heavy (non-hydrogen) atoms. The summed E-state index contributed by atoms with van der Waals surface area (Å²) in [6.45, 7) is 0. The van der Waals surface area contributed by atoms with Gasteiger partial charge in [0, 0.05) is 0 Å². The summed E-state index contributed by atoms with van der Waals surface area (Å²) >= 11 is 0. The van der Waals surface area contributed by atoms with Crippen molar-refractivity contribution in [3.8, 4) is 0 Å². The molecule has 0 fully saturated rings. The van der Waals surface area contributed by atoms with E-state index in [0.29, 0.717) is 0 Å². The molecular weight excluding hydrogens is 668 g/mol. The maximum absolute atomic E-state index is 12.3. The van der Waals surface area contributed by atoms with Crippen LogP contribution in [-0.2, 0) is 0 Å². The van der Waals surface area contributed by atoms with Crippen molar-refractivity contribution in [3.05, 3.63) is 117 Å². The van der Waals surface area contributed by atoms with Gasteiger partial charge in [-0.3, -0.25) is 0 Å². The lowest BCUT2D eigenvalue weighted by Crippen LogP contribution is -2.75. The average Bonchev–Trinajstić information content (AvgIpc) is 3.04. The van der Waals surface area contributed by atoms with Crippen molar-refractivity contribution in [2.75, 3.05) is 0 Å². The Labute approximate surface area is 273 Å². The predicted molar refractivity (Wildman–Crippen MR) is 166 cm³/mol. The van der Waals surface area contributed by atoms with Crippen LogP contribution in [0.2, 0.25) is 0 Å². The van der Waals surface area contributed by atoms with Crippen LogP contribution in [0.15, 0.2) is 72.8 Å². The topological polar surface area (TPSA) is 298 Å². The first kappa shape index (κ1) is 34.7. The molecule has 0 aromatic heterocycles. The first-order valence-electron chi connectivity index (χ1n) is 13.4. The molecule has 0 saturated carbocycles. The third-order valence-electron chi connectivity index (χ3n) is 7.44. The number of benzene rings is 4. The maximum atomic E-state index is 12.3. The zero-order chi connectivity index (χ0) is 36.5. The van der Waals surface area contributed by atoms with E-state index in [1.54, 1.807) is 0 Å². The molecule has 248 valence electrons. The summed E-state index contributed by atoms with van der Waals surface area (Å²) in [5, 5.41) is 78.1. The molecule has 0 saturated heterocycles. The van der Waals surface area contributed by atoms with Gasteiger partial charge in [-0.05, 0) is 93.5 Å². The van der Waals surface area contributed by atoms with Crippen LogP contribution >= 0.6 is 0 Å². The SMILES string of the molecule is O=C(O)c1cc(C(=O)O)cc([Si](c2cc(C(=O)O)cc(C(=O)O)c2)(c2cc(C(=O)O)cc(C(=O)O)c2)c2cc(C(=O)O)cc(C(=O)O)c2)c1. The number of carboxylic acids is 8. The third-order valence-corrected chi connectivity index (χ3v) is 12.1. The molecule has 4 aromatic carbocycles. The fourth-order valence-corrected chi connectivity index (χ4v) is 10.3. The molecule has 0 aliphatic rings. The van der Waals surface area contributed by atoms with E-state index in [0.717, 1.165) is 72.8 Å². The second-order valence-corrected chi connectivity index (χ2v) is 14.2. The fraction of sp³-hybridized carbons (Fsp3) is 0. The minimum Gasteiger partial charge on any atom is -0.478 e. The summed E-state index contributed by atoms with van der Waals surface area (Å²) in [5.41, 5.74) is -5.66. The predicted octanol–water partition coefficient (Wildman–Crippen LogP) is 0.650. The fourth-order valence-electron chi connectivity index (χ4n) is 5.36. The van der Waals surface area contributed by atoms with Crippen molar-refractivity contribution in [2.45, 2.75) is 0 Å². The van der Waals surface area contributed by atoms with Crippen LogP contribution < -0.4 is 20.7 Å². The van der Waals surface area contributed by atoms with Crippen LogP contribution in [0.25, 0.3) is 0 Å². The van der Waals surface area contributed by atoms with E-state index in [1.165, 1.54) is 0 Å². The van der Waals surface area contributed by atoms with Gasteiger partial charge in [0.1, 0.15) is 0 Å². The van der Waals surface area contributed by atoms with Gasteiger partial charge in [0.15, 0.2) is 8.07 Å². The lowest BCUT2D eigenvalue weighted by atomic mass is 10.1. The molecule has 4 rings (SSSR count). The van der Waals surface area contributed by atoms with Crippen molar-refractivity contribution in [2.24, 2.45) is 0 Å². The molecule has 0 aliphatic heterocycles. The molecule has 0 heterocycles. The van der Waals surface area contributed by atoms with Crippen LogP contribution in [0.4, 0.5) is 0 Å². The van der Waals surface area contributed by atoms with E-state index in [9.17, 15) is 79.2 Å². The minimum absolute atomic E-state index is 0.388. The van der Waals surface area contributed by atoms with Gasteiger partial charge in [-0.2, -0.15) is 0 Å². The molecule has 17 heteroatoms. The van der Waals surface area contributed by atoms with E-state index < -0.39 is 100 Å². The summed E-state index contributed by atoms with van der Waals surface area (Å²) in [6, 6.07) is 10.0. The standard InChI is InChI=1S/C32H20O16Si/c33-25(34)13-1-14(26(35)36)6-21(5-13)49(22-7-15(27(37)38)2-16(8-22)28(39)40,23-9-17(29(41)42)3-18(10-23)30(43)44)24-11-19(31(45)46)4-20(12-24)32(47)48/h1-12H,(H,33,34)(H,35,36)(H,37,38)(H,39,40)(H,41,42)(H,43,44)(H,45,46)(H,47,48). The molecule has 0 atom stereocenters. The Morgan fingerprint density at radius 1 is 0.265 bits per heavy atom. The van der Waals surface area contributed by atoms with Gasteiger partial charge in [-0.15, -0.1) is 0 Å². The highest BCUT2D eigenvalue weighted by atomic mass is 28.3. The Morgan fingerprint density at radius 2 is 0.388 bits per heavy atom. The highest BCUT2D eigenvalue weighted by Gasteiger charge is 2.45. The Bertz CT molecular complexity index is 1730. The molecule has 4 aromatic rings. The van der Waals surface area contributed by atoms with Crippen molar-refractivity contribution in [1.82, 2.24) is 0 Å². The highest BCUT2D eigenvalue weighted by molar-refractivity contribution is 7.20. The van der Waals surface area contributed by atoms with Gasteiger partial charge in [0.05, 0.1) is 44.5 Å². The van der Waals surface area contributed by atoms with Crippen LogP contribution in [-0.4, -0.2) is 96.7 Å². The lowest BCUT2D eigenvalue weighted by Gasteiger charge is -2.36. The zero-order valence-electron chi connectivity index (χ0n) is 24.3. The maximum Gasteiger partial charge on any atom is 0.335 e. The summed E-state index contributed by atoms with van der Waals surface area (Å²) in [4.78, 5) is 98.2. The number of hydrogen-bond acceptors (Lipinski definition) is 8. The summed E-state index contributed by atoms with van der Waals surface area (Å²) in [7, 11) is -5.02. The van der Waals surface area contributed by atoms with Crippen LogP contribution in [0.1, 0.15) is 82.9 Å². The van der Waals surface area contributed by atoms with Gasteiger partial charge >= 0.3 is 47.8 Å². The van der Waals surface area contributed by atoms with Crippen LogP contribution in [0, 0.1) is 0 Å². The van der Waals surface area contributed by atoms with Gasteiger partial charge in [-0.1, -0.05) is 0 Å². The molecule has 0 spiro atoms. The smallest absolute Gasteiger partial charge is 0.335 e. The number of carboxylic acid groups (broad SMARTS) is 8. The Balaban J connectivity index is 2.51. The monoisotopic (exact) mass is 688 g/mol. The van der Waals surface area contributed by atoms with E-state index in [2.05, 4.69) is 0 Å². The number of aromatic carboxylic acids is 8. The van der Waals surface area contributed by atoms with Gasteiger partial charge in [-0.25, -0.2) is 38.4 Å². The van der Waals surface area contributed by atoms with E-state index in [-0.39, 0.29) is 20.7 Å². The molecule has 0 aliphatic carbocycles. The van der Waals surface area contributed by atoms with Crippen molar-refractivity contribution in [3.63, 3.8) is 0 Å². The van der Waals surface area contributed by atoms with Crippen LogP contribution in [0.3, 0.4) is 0 Å². The molecule has 0 bridgehead atoms. The third kappa shape index (κ3) is 6.58.